The third-order valence-electron chi connectivity index (χ3n) is 2.95. The minimum Gasteiger partial charge on any atom is -0.346 e. The highest BCUT2D eigenvalue weighted by atomic mass is 19.1. The number of hydrogen-bond acceptors (Lipinski definition) is 4. The number of halogens is 1. The van der Waals surface area contributed by atoms with Gasteiger partial charge in [-0.05, 0) is 17.5 Å². The number of pyridine rings is 1. The Bertz CT molecular complexity index is 608. The SMILES string of the molecule is O=Cc1cc(F)c(C2OCCO2)c2ccncc12. The molecule has 0 spiro atoms. The fourth-order valence-corrected chi connectivity index (χ4v) is 2.14. The molecule has 0 N–H and O–H groups in total. The van der Waals surface area contributed by atoms with Crippen LogP contribution in [0.5, 0.6) is 0 Å². The highest BCUT2D eigenvalue weighted by molar-refractivity contribution is 5.99. The van der Waals surface area contributed by atoms with Crippen LogP contribution < -0.4 is 0 Å². The van der Waals surface area contributed by atoms with Crippen LogP contribution in [0.2, 0.25) is 0 Å². The number of aromatic nitrogens is 1. The van der Waals surface area contributed by atoms with E-state index in [9.17, 15) is 9.18 Å². The van der Waals surface area contributed by atoms with Gasteiger partial charge >= 0.3 is 0 Å². The Balaban J connectivity index is 2.30. The monoisotopic (exact) mass is 247 g/mol. The van der Waals surface area contributed by atoms with Crippen molar-refractivity contribution in [3.63, 3.8) is 0 Å². The number of fused-ring (bicyclic) bond motifs is 1. The van der Waals surface area contributed by atoms with Crippen molar-refractivity contribution >= 4 is 17.1 Å². The zero-order valence-corrected chi connectivity index (χ0v) is 9.43. The molecule has 1 fully saturated rings. The van der Waals surface area contributed by atoms with E-state index in [-0.39, 0.29) is 5.56 Å². The van der Waals surface area contributed by atoms with Crippen molar-refractivity contribution in [1.82, 2.24) is 4.98 Å². The predicted octanol–water partition coefficient (Wildman–Crippen LogP) is 2.23. The number of aldehydes is 1. The topological polar surface area (TPSA) is 48.4 Å². The molecule has 0 saturated carbocycles. The molecule has 1 aromatic carbocycles. The van der Waals surface area contributed by atoms with Gasteiger partial charge in [-0.1, -0.05) is 0 Å². The number of carbonyl (C=O) groups is 1. The van der Waals surface area contributed by atoms with E-state index in [1.165, 1.54) is 12.3 Å². The first-order valence-corrected chi connectivity index (χ1v) is 5.56. The second kappa shape index (κ2) is 4.44. The molecule has 0 aliphatic carbocycles. The van der Waals surface area contributed by atoms with Crippen LogP contribution in [0.4, 0.5) is 4.39 Å². The summed E-state index contributed by atoms with van der Waals surface area (Å²) in [6.07, 6.45) is 2.99. The molecule has 0 bridgehead atoms. The van der Waals surface area contributed by atoms with Gasteiger partial charge in [0, 0.05) is 23.3 Å². The van der Waals surface area contributed by atoms with Gasteiger partial charge in [0.15, 0.2) is 12.6 Å². The van der Waals surface area contributed by atoms with Crippen molar-refractivity contribution in [2.45, 2.75) is 6.29 Å². The molecule has 0 radical (unpaired) electrons. The first kappa shape index (κ1) is 11.3. The van der Waals surface area contributed by atoms with Crippen molar-refractivity contribution in [3.8, 4) is 0 Å². The first-order chi connectivity index (χ1) is 8.81. The lowest BCUT2D eigenvalue weighted by Gasteiger charge is -2.14. The Hall–Kier alpha value is -1.85. The summed E-state index contributed by atoms with van der Waals surface area (Å²) >= 11 is 0. The van der Waals surface area contributed by atoms with Crippen molar-refractivity contribution in [2.24, 2.45) is 0 Å². The van der Waals surface area contributed by atoms with Crippen LogP contribution in [-0.4, -0.2) is 24.5 Å². The Kier molecular flexibility index (Phi) is 2.77. The van der Waals surface area contributed by atoms with Crippen LogP contribution in [0, 0.1) is 5.82 Å². The number of rotatable bonds is 2. The summed E-state index contributed by atoms with van der Waals surface area (Å²) in [7, 11) is 0. The van der Waals surface area contributed by atoms with Crippen LogP contribution >= 0.6 is 0 Å². The van der Waals surface area contributed by atoms with E-state index in [0.29, 0.717) is 35.8 Å². The highest BCUT2D eigenvalue weighted by Crippen LogP contribution is 2.33. The van der Waals surface area contributed by atoms with Gasteiger partial charge < -0.3 is 9.47 Å². The Morgan fingerprint density at radius 3 is 2.83 bits per heavy atom. The van der Waals surface area contributed by atoms with E-state index in [2.05, 4.69) is 4.98 Å². The van der Waals surface area contributed by atoms with E-state index < -0.39 is 12.1 Å². The summed E-state index contributed by atoms with van der Waals surface area (Å²) in [6, 6.07) is 2.85. The van der Waals surface area contributed by atoms with Gasteiger partial charge in [-0.2, -0.15) is 0 Å². The van der Waals surface area contributed by atoms with Gasteiger partial charge in [-0.15, -0.1) is 0 Å². The average molecular weight is 247 g/mol. The molecule has 5 heteroatoms. The van der Waals surface area contributed by atoms with Gasteiger partial charge in [0.25, 0.3) is 0 Å². The molecule has 92 valence electrons. The molecule has 2 aromatic rings. The lowest BCUT2D eigenvalue weighted by molar-refractivity contribution is -0.0452. The summed E-state index contributed by atoms with van der Waals surface area (Å²) < 4.78 is 24.7. The quantitative estimate of drug-likeness (QED) is 0.763. The van der Waals surface area contributed by atoms with E-state index in [1.54, 1.807) is 12.3 Å². The maximum atomic E-state index is 14.1. The maximum absolute atomic E-state index is 14.1. The number of carbonyl (C=O) groups excluding carboxylic acids is 1. The molecule has 4 nitrogen and oxygen atoms in total. The molecule has 18 heavy (non-hydrogen) atoms. The summed E-state index contributed by atoms with van der Waals surface area (Å²) in [5.41, 5.74) is 0.604. The van der Waals surface area contributed by atoms with Crippen molar-refractivity contribution in [3.05, 3.63) is 41.5 Å². The molecule has 1 aliphatic rings. The molecular formula is C13H10FNO3. The Labute approximate surface area is 102 Å². The van der Waals surface area contributed by atoms with Crippen LogP contribution in [0.3, 0.4) is 0 Å². The maximum Gasteiger partial charge on any atom is 0.187 e. The minimum atomic E-state index is -0.712. The van der Waals surface area contributed by atoms with Crippen LogP contribution in [0.1, 0.15) is 22.2 Å². The molecule has 1 aliphatic heterocycles. The smallest absolute Gasteiger partial charge is 0.187 e. The molecular weight excluding hydrogens is 237 g/mol. The molecule has 3 rings (SSSR count). The van der Waals surface area contributed by atoms with Gasteiger partial charge in [-0.25, -0.2) is 4.39 Å². The van der Waals surface area contributed by atoms with Crippen LogP contribution in [-0.2, 0) is 9.47 Å². The third-order valence-corrected chi connectivity index (χ3v) is 2.95. The van der Waals surface area contributed by atoms with Gasteiger partial charge in [0.2, 0.25) is 0 Å². The number of hydrogen-bond donors (Lipinski definition) is 0. The summed E-state index contributed by atoms with van der Waals surface area (Å²) in [5.74, 6) is -0.497. The lowest BCUT2D eigenvalue weighted by atomic mass is 10.0. The van der Waals surface area contributed by atoms with Crippen molar-refractivity contribution in [1.29, 1.82) is 0 Å². The molecule has 0 amide bonds. The lowest BCUT2D eigenvalue weighted by Crippen LogP contribution is -2.04. The minimum absolute atomic E-state index is 0.275. The molecule has 0 unspecified atom stereocenters. The average Bonchev–Trinajstić information content (AvgIpc) is 2.91. The second-order valence-corrected chi connectivity index (χ2v) is 3.97. The second-order valence-electron chi connectivity index (χ2n) is 3.97. The zero-order valence-electron chi connectivity index (χ0n) is 9.43. The highest BCUT2D eigenvalue weighted by Gasteiger charge is 2.25. The number of ether oxygens (including phenoxy) is 2. The van der Waals surface area contributed by atoms with Crippen molar-refractivity contribution in [2.75, 3.05) is 13.2 Å². The van der Waals surface area contributed by atoms with Gasteiger partial charge in [0.05, 0.1) is 18.8 Å². The number of benzene rings is 1. The summed E-state index contributed by atoms with van der Waals surface area (Å²) in [6.45, 7) is 0.873. The molecule has 0 atom stereocenters. The standard InChI is InChI=1S/C13H10FNO3/c14-11-5-8(7-16)10-6-15-2-1-9(10)12(11)13-17-3-4-18-13/h1-2,5-7,13H,3-4H2. The van der Waals surface area contributed by atoms with E-state index in [4.69, 9.17) is 9.47 Å². The molecule has 2 heterocycles. The third kappa shape index (κ3) is 1.68. The van der Waals surface area contributed by atoms with Crippen LogP contribution in [0.25, 0.3) is 10.8 Å². The van der Waals surface area contributed by atoms with Gasteiger partial charge in [0.1, 0.15) is 5.82 Å². The largest absolute Gasteiger partial charge is 0.346 e. The zero-order chi connectivity index (χ0) is 12.5. The van der Waals surface area contributed by atoms with E-state index in [0.717, 1.165) is 0 Å². The normalized spacial score (nSPS) is 16.3. The Morgan fingerprint density at radius 1 is 1.33 bits per heavy atom. The van der Waals surface area contributed by atoms with E-state index in [1.807, 2.05) is 0 Å². The Morgan fingerprint density at radius 2 is 2.11 bits per heavy atom. The van der Waals surface area contributed by atoms with Crippen LogP contribution in [0.15, 0.2) is 24.5 Å². The van der Waals surface area contributed by atoms with Crippen molar-refractivity contribution < 1.29 is 18.7 Å². The van der Waals surface area contributed by atoms with Gasteiger partial charge in [-0.3, -0.25) is 9.78 Å². The van der Waals surface area contributed by atoms with E-state index >= 15 is 0 Å². The number of nitrogens with zero attached hydrogens (tertiary/aromatic N) is 1. The predicted molar refractivity (Wildman–Crippen MR) is 61.7 cm³/mol. The molecule has 1 aromatic heterocycles. The summed E-state index contributed by atoms with van der Waals surface area (Å²) in [5, 5.41) is 1.20. The first-order valence-electron chi connectivity index (χ1n) is 5.56. The summed E-state index contributed by atoms with van der Waals surface area (Å²) in [4.78, 5) is 14.9. The molecule has 1 saturated heterocycles. The fourth-order valence-electron chi connectivity index (χ4n) is 2.14. The fraction of sp³-hybridized carbons (Fsp3) is 0.231.